The zero-order chi connectivity index (χ0) is 23.5. The Balaban J connectivity index is 1.36. The maximum Gasteiger partial charge on any atom is 0.259 e. The second-order valence-corrected chi connectivity index (χ2v) is 10.7. The van der Waals surface area contributed by atoms with Gasteiger partial charge < -0.3 is 14.8 Å². The third-order valence-corrected chi connectivity index (χ3v) is 8.21. The third kappa shape index (κ3) is 5.03. The van der Waals surface area contributed by atoms with Crippen molar-refractivity contribution in [2.24, 2.45) is 0 Å². The minimum Gasteiger partial charge on any atom is -0.381 e. The summed E-state index contributed by atoms with van der Waals surface area (Å²) in [5, 5.41) is 6.92. The Hall–Kier alpha value is -3.08. The van der Waals surface area contributed by atoms with Gasteiger partial charge in [-0.15, -0.1) is 5.10 Å². The van der Waals surface area contributed by atoms with Crippen LogP contribution in [0.25, 0.3) is 5.82 Å². The molecule has 1 aromatic carbocycles. The summed E-state index contributed by atoms with van der Waals surface area (Å²) in [7, 11) is -3.30. The van der Waals surface area contributed by atoms with Crippen molar-refractivity contribution in [1.82, 2.24) is 14.8 Å². The second-order valence-electron chi connectivity index (χ2n) is 8.46. The summed E-state index contributed by atoms with van der Waals surface area (Å²) >= 11 is 0. The van der Waals surface area contributed by atoms with E-state index in [4.69, 9.17) is 9.47 Å². The lowest BCUT2D eigenvalue weighted by atomic mass is 10.1. The summed E-state index contributed by atoms with van der Waals surface area (Å²) in [6.07, 6.45) is 5.11. The Morgan fingerprint density at radius 2 is 1.82 bits per heavy atom. The molecule has 9 nitrogen and oxygen atoms in total. The van der Waals surface area contributed by atoms with Gasteiger partial charge in [0.15, 0.2) is 27.6 Å². The standard InChI is InChI=1S/C24H26N4O5S/c29-24(26-21-10-14-28(27-21)22-3-1-2-13-25-22)23(33-18-11-15-32-16-12-18)17-4-6-19(7-5-17)34(30,31)20-8-9-20/h1-7,10,13-14,18,20,23H,8-9,11-12,15-16H2,(H,26,27,29). The van der Waals surface area contributed by atoms with E-state index in [1.807, 2.05) is 18.2 Å². The van der Waals surface area contributed by atoms with E-state index in [2.05, 4.69) is 15.4 Å². The number of hydrogen-bond donors (Lipinski definition) is 1. The number of anilines is 1. The van der Waals surface area contributed by atoms with E-state index in [0.717, 1.165) is 0 Å². The van der Waals surface area contributed by atoms with Crippen molar-refractivity contribution in [3.63, 3.8) is 0 Å². The number of carbonyl (C=O) groups is 1. The molecule has 3 aromatic rings. The lowest BCUT2D eigenvalue weighted by Gasteiger charge is -2.27. The van der Waals surface area contributed by atoms with Crippen LogP contribution in [-0.4, -0.2) is 53.7 Å². The fourth-order valence-corrected chi connectivity index (χ4v) is 5.56. The first-order valence-electron chi connectivity index (χ1n) is 11.4. The Labute approximate surface area is 198 Å². The quantitative estimate of drug-likeness (QED) is 0.525. The average Bonchev–Trinajstić information content (AvgIpc) is 3.64. The number of sulfone groups is 1. The van der Waals surface area contributed by atoms with E-state index in [1.54, 1.807) is 47.4 Å². The SMILES string of the molecule is O=C(Nc1ccn(-c2ccccn2)n1)C(OC1CCOCC1)c1ccc(S(=O)(=O)C2CC2)cc1. The van der Waals surface area contributed by atoms with Crippen molar-refractivity contribution in [3.8, 4) is 5.82 Å². The van der Waals surface area contributed by atoms with Gasteiger partial charge in [0.25, 0.3) is 5.91 Å². The van der Waals surface area contributed by atoms with Crippen LogP contribution in [0.5, 0.6) is 0 Å². The summed E-state index contributed by atoms with van der Waals surface area (Å²) < 4.78 is 38.3. The lowest BCUT2D eigenvalue weighted by molar-refractivity contribution is -0.136. The zero-order valence-electron chi connectivity index (χ0n) is 18.5. The Morgan fingerprint density at radius 3 is 2.50 bits per heavy atom. The molecule has 1 unspecified atom stereocenters. The number of rotatable bonds is 8. The first-order chi connectivity index (χ1) is 16.5. The van der Waals surface area contributed by atoms with Crippen LogP contribution in [0, 0.1) is 0 Å². The molecule has 0 spiro atoms. The van der Waals surface area contributed by atoms with Crippen molar-refractivity contribution in [3.05, 3.63) is 66.5 Å². The highest BCUT2D eigenvalue weighted by Gasteiger charge is 2.37. The molecule has 178 valence electrons. The molecule has 2 aromatic heterocycles. The van der Waals surface area contributed by atoms with Gasteiger partial charge in [-0.05, 0) is 55.5 Å². The zero-order valence-corrected chi connectivity index (χ0v) is 19.4. The number of benzene rings is 1. The van der Waals surface area contributed by atoms with Crippen molar-refractivity contribution < 1.29 is 22.7 Å². The van der Waals surface area contributed by atoms with Crippen LogP contribution in [0.4, 0.5) is 5.82 Å². The fourth-order valence-electron chi connectivity index (χ4n) is 3.90. The smallest absolute Gasteiger partial charge is 0.259 e. The van der Waals surface area contributed by atoms with Crippen LogP contribution in [0.1, 0.15) is 37.4 Å². The molecule has 1 saturated heterocycles. The number of nitrogens with one attached hydrogen (secondary N) is 1. The maximum atomic E-state index is 13.3. The van der Waals surface area contributed by atoms with E-state index < -0.39 is 15.9 Å². The molecule has 3 heterocycles. The fraction of sp³-hybridized carbons (Fsp3) is 0.375. The molecule has 1 amide bonds. The number of ether oxygens (including phenoxy) is 2. The predicted octanol–water partition coefficient (Wildman–Crippen LogP) is 3.08. The van der Waals surface area contributed by atoms with Gasteiger partial charge in [0.05, 0.1) is 16.2 Å². The number of amides is 1. The number of pyridine rings is 1. The Morgan fingerprint density at radius 1 is 1.06 bits per heavy atom. The van der Waals surface area contributed by atoms with Gasteiger partial charge in [-0.25, -0.2) is 18.1 Å². The normalized spacial score (nSPS) is 17.9. The molecule has 5 rings (SSSR count). The average molecular weight is 483 g/mol. The molecular weight excluding hydrogens is 456 g/mol. The van der Waals surface area contributed by atoms with E-state index >= 15 is 0 Å². The minimum atomic E-state index is -3.30. The van der Waals surface area contributed by atoms with Crippen LogP contribution >= 0.6 is 0 Å². The van der Waals surface area contributed by atoms with Crippen LogP contribution in [0.2, 0.25) is 0 Å². The molecule has 1 saturated carbocycles. The highest BCUT2D eigenvalue weighted by molar-refractivity contribution is 7.92. The van der Waals surface area contributed by atoms with E-state index in [9.17, 15) is 13.2 Å². The molecule has 1 N–H and O–H groups in total. The van der Waals surface area contributed by atoms with Crippen molar-refractivity contribution in [2.45, 2.75) is 48.0 Å². The largest absolute Gasteiger partial charge is 0.381 e. The van der Waals surface area contributed by atoms with Gasteiger partial charge in [-0.3, -0.25) is 4.79 Å². The Bertz CT molecular complexity index is 1230. The molecule has 2 aliphatic rings. The summed E-state index contributed by atoms with van der Waals surface area (Å²) in [4.78, 5) is 17.8. The summed E-state index contributed by atoms with van der Waals surface area (Å²) in [5.74, 6) is 0.616. The van der Waals surface area contributed by atoms with E-state index in [1.165, 1.54) is 0 Å². The molecule has 0 bridgehead atoms. The molecule has 1 atom stereocenters. The van der Waals surface area contributed by atoms with Crippen LogP contribution in [0.3, 0.4) is 0 Å². The number of nitrogens with zero attached hydrogens (tertiary/aromatic N) is 3. The van der Waals surface area contributed by atoms with Crippen molar-refractivity contribution in [2.75, 3.05) is 18.5 Å². The lowest BCUT2D eigenvalue weighted by Crippen LogP contribution is -2.31. The third-order valence-electron chi connectivity index (χ3n) is 5.93. The van der Waals surface area contributed by atoms with E-state index in [0.29, 0.717) is 56.1 Å². The van der Waals surface area contributed by atoms with Gasteiger partial charge in [0.1, 0.15) is 0 Å². The highest BCUT2D eigenvalue weighted by atomic mass is 32.2. The summed E-state index contributed by atoms with van der Waals surface area (Å²) in [5.41, 5.74) is 0.586. The monoisotopic (exact) mass is 482 g/mol. The Kier molecular flexibility index (Phi) is 6.44. The summed E-state index contributed by atoms with van der Waals surface area (Å²) in [6.45, 7) is 1.15. The first kappa shape index (κ1) is 22.7. The number of carbonyl (C=O) groups excluding carboxylic acids is 1. The number of hydrogen-bond acceptors (Lipinski definition) is 7. The molecule has 0 radical (unpaired) electrons. The van der Waals surface area contributed by atoms with Crippen LogP contribution in [0.15, 0.2) is 65.8 Å². The molecule has 10 heteroatoms. The molecular formula is C24H26N4O5S. The second kappa shape index (κ2) is 9.65. The number of aromatic nitrogens is 3. The van der Waals surface area contributed by atoms with Gasteiger partial charge in [0, 0.05) is 31.7 Å². The van der Waals surface area contributed by atoms with Crippen molar-refractivity contribution >= 4 is 21.6 Å². The van der Waals surface area contributed by atoms with Gasteiger partial charge in [-0.1, -0.05) is 18.2 Å². The minimum absolute atomic E-state index is 0.134. The van der Waals surface area contributed by atoms with Gasteiger partial charge in [0.2, 0.25) is 0 Å². The molecule has 34 heavy (non-hydrogen) atoms. The van der Waals surface area contributed by atoms with Gasteiger partial charge >= 0.3 is 0 Å². The topological polar surface area (TPSA) is 112 Å². The van der Waals surface area contributed by atoms with E-state index in [-0.39, 0.29) is 22.2 Å². The molecule has 2 fully saturated rings. The molecule has 1 aliphatic heterocycles. The van der Waals surface area contributed by atoms with Crippen LogP contribution in [-0.2, 0) is 24.1 Å². The van der Waals surface area contributed by atoms with Crippen LogP contribution < -0.4 is 5.32 Å². The predicted molar refractivity (Wildman–Crippen MR) is 124 cm³/mol. The molecule has 1 aliphatic carbocycles. The summed E-state index contributed by atoms with van der Waals surface area (Å²) in [6, 6.07) is 13.6. The highest BCUT2D eigenvalue weighted by Crippen LogP contribution is 2.34. The van der Waals surface area contributed by atoms with Gasteiger partial charge in [-0.2, -0.15) is 0 Å². The maximum absolute atomic E-state index is 13.3. The first-order valence-corrected chi connectivity index (χ1v) is 12.9. The van der Waals surface area contributed by atoms with Crippen molar-refractivity contribution in [1.29, 1.82) is 0 Å².